The summed E-state index contributed by atoms with van der Waals surface area (Å²) in [4.78, 5) is 11.2. The van der Waals surface area contributed by atoms with Crippen LogP contribution in [0.5, 0.6) is 0 Å². The van der Waals surface area contributed by atoms with Crippen LogP contribution in [0.15, 0.2) is 0 Å². The lowest BCUT2D eigenvalue weighted by Crippen LogP contribution is -2.41. The van der Waals surface area contributed by atoms with E-state index in [0.717, 1.165) is 32.2 Å². The highest BCUT2D eigenvalue weighted by atomic mass is 16.2. The Labute approximate surface area is 78.2 Å². The summed E-state index contributed by atoms with van der Waals surface area (Å²) in [6.07, 6.45) is 4.59. The van der Waals surface area contributed by atoms with E-state index in [1.54, 1.807) is 0 Å². The number of hydrogen-bond donors (Lipinski definition) is 3. The monoisotopic (exact) mass is 183 g/mol. The van der Waals surface area contributed by atoms with Crippen molar-refractivity contribution in [1.29, 1.82) is 0 Å². The highest BCUT2D eigenvalue weighted by Crippen LogP contribution is 2.43. The van der Waals surface area contributed by atoms with Crippen molar-refractivity contribution in [2.24, 2.45) is 11.1 Å². The van der Waals surface area contributed by atoms with Crippen molar-refractivity contribution < 1.29 is 4.79 Å². The van der Waals surface area contributed by atoms with E-state index in [1.807, 2.05) is 0 Å². The number of amides is 2. The molecule has 2 saturated carbocycles. The second kappa shape index (κ2) is 3.18. The van der Waals surface area contributed by atoms with Crippen LogP contribution in [-0.2, 0) is 0 Å². The summed E-state index contributed by atoms with van der Waals surface area (Å²) in [5.41, 5.74) is 5.83. The van der Waals surface area contributed by atoms with Crippen LogP contribution in [0, 0.1) is 5.41 Å². The molecule has 4 nitrogen and oxygen atoms in total. The van der Waals surface area contributed by atoms with E-state index in [1.165, 1.54) is 0 Å². The van der Waals surface area contributed by atoms with Crippen LogP contribution in [0.2, 0.25) is 0 Å². The fourth-order valence-corrected chi connectivity index (χ4v) is 1.36. The molecular formula is C9H17N3O. The van der Waals surface area contributed by atoms with Crippen molar-refractivity contribution in [2.75, 3.05) is 13.1 Å². The van der Waals surface area contributed by atoms with Gasteiger partial charge < -0.3 is 16.4 Å². The maximum Gasteiger partial charge on any atom is 0.315 e. The lowest BCUT2D eigenvalue weighted by molar-refractivity contribution is 0.238. The molecule has 0 aromatic heterocycles. The smallest absolute Gasteiger partial charge is 0.315 e. The normalized spacial score (nSPS) is 23.8. The molecule has 0 unspecified atom stereocenters. The van der Waals surface area contributed by atoms with Gasteiger partial charge in [-0.25, -0.2) is 4.79 Å². The summed E-state index contributed by atoms with van der Waals surface area (Å²) >= 11 is 0. The molecule has 0 saturated heterocycles. The largest absolute Gasteiger partial charge is 0.338 e. The molecule has 0 heterocycles. The van der Waals surface area contributed by atoms with E-state index >= 15 is 0 Å². The molecule has 2 rings (SSSR count). The van der Waals surface area contributed by atoms with Gasteiger partial charge in [-0.2, -0.15) is 0 Å². The van der Waals surface area contributed by atoms with Gasteiger partial charge in [0.25, 0.3) is 0 Å². The molecule has 2 fully saturated rings. The van der Waals surface area contributed by atoms with E-state index in [9.17, 15) is 4.79 Å². The summed E-state index contributed by atoms with van der Waals surface area (Å²) < 4.78 is 0. The van der Waals surface area contributed by atoms with Crippen LogP contribution < -0.4 is 16.4 Å². The quantitative estimate of drug-likeness (QED) is 0.582. The molecule has 2 amide bonds. The maximum absolute atomic E-state index is 11.2. The van der Waals surface area contributed by atoms with Gasteiger partial charge in [-0.1, -0.05) is 0 Å². The molecule has 2 aliphatic rings. The first kappa shape index (κ1) is 8.81. The summed E-state index contributed by atoms with van der Waals surface area (Å²) in [5.74, 6) is 0. The van der Waals surface area contributed by atoms with E-state index < -0.39 is 0 Å². The van der Waals surface area contributed by atoms with Gasteiger partial charge in [-0.3, -0.25) is 0 Å². The zero-order valence-corrected chi connectivity index (χ0v) is 7.81. The van der Waals surface area contributed by atoms with Gasteiger partial charge >= 0.3 is 6.03 Å². The first-order valence-electron chi connectivity index (χ1n) is 4.99. The molecule has 0 radical (unpaired) electrons. The Bertz CT molecular complexity index is 209. The minimum absolute atomic E-state index is 0.0257. The summed E-state index contributed by atoms with van der Waals surface area (Å²) in [7, 11) is 0. The van der Waals surface area contributed by atoms with Gasteiger partial charge in [0.2, 0.25) is 0 Å². The highest BCUT2D eigenvalue weighted by Gasteiger charge is 2.41. The van der Waals surface area contributed by atoms with Crippen molar-refractivity contribution in [3.63, 3.8) is 0 Å². The third-order valence-electron chi connectivity index (χ3n) is 2.93. The summed E-state index contributed by atoms with van der Waals surface area (Å²) in [6, 6.07) is 0.412. The van der Waals surface area contributed by atoms with Crippen LogP contribution >= 0.6 is 0 Å². The number of rotatable bonds is 4. The van der Waals surface area contributed by atoms with Gasteiger partial charge in [-0.15, -0.1) is 0 Å². The Morgan fingerprint density at radius 1 is 1.46 bits per heavy atom. The van der Waals surface area contributed by atoms with E-state index in [4.69, 9.17) is 5.73 Å². The number of urea groups is 1. The third kappa shape index (κ3) is 2.34. The molecular weight excluding hydrogens is 166 g/mol. The third-order valence-corrected chi connectivity index (χ3v) is 2.93. The molecule has 2 aliphatic carbocycles. The SMILES string of the molecule is NCC1(CNC(=O)NC2CC2)CC1. The topological polar surface area (TPSA) is 67.1 Å². The van der Waals surface area contributed by atoms with Crippen LogP contribution in [-0.4, -0.2) is 25.2 Å². The first-order chi connectivity index (χ1) is 6.24. The number of carbonyl (C=O) groups is 1. The molecule has 0 bridgehead atoms. The minimum Gasteiger partial charge on any atom is -0.338 e. The molecule has 0 aromatic carbocycles. The molecule has 4 heteroatoms. The van der Waals surface area contributed by atoms with Crippen LogP contribution in [0.25, 0.3) is 0 Å². The minimum atomic E-state index is -0.0257. The number of hydrogen-bond acceptors (Lipinski definition) is 2. The van der Waals surface area contributed by atoms with Crippen molar-refractivity contribution in [3.8, 4) is 0 Å². The highest BCUT2D eigenvalue weighted by molar-refractivity contribution is 5.74. The second-order valence-corrected chi connectivity index (χ2v) is 4.31. The van der Waals surface area contributed by atoms with Gasteiger partial charge in [-0.05, 0) is 32.2 Å². The predicted molar refractivity (Wildman–Crippen MR) is 50.3 cm³/mol. The molecule has 0 aromatic rings. The van der Waals surface area contributed by atoms with E-state index in [-0.39, 0.29) is 11.4 Å². The van der Waals surface area contributed by atoms with Gasteiger partial charge in [0.1, 0.15) is 0 Å². The average molecular weight is 183 g/mol. The average Bonchev–Trinajstić information content (AvgIpc) is 2.98. The van der Waals surface area contributed by atoms with Crippen molar-refractivity contribution in [2.45, 2.75) is 31.7 Å². The number of carbonyl (C=O) groups excluding carboxylic acids is 1. The molecule has 4 N–H and O–H groups in total. The van der Waals surface area contributed by atoms with Gasteiger partial charge in [0.05, 0.1) is 0 Å². The lowest BCUT2D eigenvalue weighted by Gasteiger charge is -2.13. The maximum atomic E-state index is 11.2. The molecule has 0 atom stereocenters. The Hall–Kier alpha value is -0.770. The van der Waals surface area contributed by atoms with Crippen molar-refractivity contribution in [3.05, 3.63) is 0 Å². The molecule has 0 aliphatic heterocycles. The number of nitrogens with one attached hydrogen (secondary N) is 2. The summed E-state index contributed by atoms with van der Waals surface area (Å²) in [5, 5.41) is 5.77. The Morgan fingerprint density at radius 3 is 2.62 bits per heavy atom. The molecule has 74 valence electrons. The van der Waals surface area contributed by atoms with Gasteiger partial charge in [0, 0.05) is 18.0 Å². The predicted octanol–water partition coefficient (Wildman–Crippen LogP) is 0.187. The second-order valence-electron chi connectivity index (χ2n) is 4.31. The van der Waals surface area contributed by atoms with E-state index in [0.29, 0.717) is 12.6 Å². The molecule has 13 heavy (non-hydrogen) atoms. The van der Waals surface area contributed by atoms with Crippen LogP contribution in [0.1, 0.15) is 25.7 Å². The fourth-order valence-electron chi connectivity index (χ4n) is 1.36. The standard InChI is InChI=1S/C9H17N3O/c10-5-9(3-4-9)6-11-8(13)12-7-1-2-7/h7H,1-6,10H2,(H2,11,12,13). The van der Waals surface area contributed by atoms with E-state index in [2.05, 4.69) is 10.6 Å². The number of nitrogens with two attached hydrogens (primary N) is 1. The first-order valence-corrected chi connectivity index (χ1v) is 4.99. The Kier molecular flexibility index (Phi) is 2.15. The van der Waals surface area contributed by atoms with Gasteiger partial charge in [0.15, 0.2) is 0 Å². The van der Waals surface area contributed by atoms with Crippen LogP contribution in [0.3, 0.4) is 0 Å². The molecule has 0 spiro atoms. The zero-order valence-electron chi connectivity index (χ0n) is 7.81. The fraction of sp³-hybridized carbons (Fsp3) is 0.889. The zero-order chi connectivity index (χ0) is 9.31. The van der Waals surface area contributed by atoms with Crippen molar-refractivity contribution >= 4 is 6.03 Å². The summed E-state index contributed by atoms with van der Waals surface area (Å²) in [6.45, 7) is 1.43. The Morgan fingerprint density at radius 2 is 2.15 bits per heavy atom. The Balaban J connectivity index is 1.63. The lowest BCUT2D eigenvalue weighted by atomic mass is 10.1. The van der Waals surface area contributed by atoms with Crippen molar-refractivity contribution in [1.82, 2.24) is 10.6 Å². The van der Waals surface area contributed by atoms with Crippen LogP contribution in [0.4, 0.5) is 4.79 Å².